The quantitative estimate of drug-likeness (QED) is 0.775. The van der Waals surface area contributed by atoms with Gasteiger partial charge in [-0.3, -0.25) is 0 Å². The SMILES string of the molecule is CC(C)(C#N)CNC1CCOC(C)(C)C1. The molecule has 0 aromatic heterocycles. The van der Waals surface area contributed by atoms with Gasteiger partial charge in [-0.25, -0.2) is 0 Å². The Labute approximate surface area is 92.8 Å². The Morgan fingerprint density at radius 1 is 1.53 bits per heavy atom. The summed E-state index contributed by atoms with van der Waals surface area (Å²) in [5.74, 6) is 0. The molecule has 3 nitrogen and oxygen atoms in total. The normalized spacial score (nSPS) is 25.9. The van der Waals surface area contributed by atoms with Crippen LogP contribution in [0.1, 0.15) is 40.5 Å². The Balaban J connectivity index is 2.37. The van der Waals surface area contributed by atoms with E-state index in [-0.39, 0.29) is 11.0 Å². The molecule has 1 rings (SSSR count). The van der Waals surface area contributed by atoms with Gasteiger partial charge in [-0.05, 0) is 40.5 Å². The molecular formula is C12H22N2O. The summed E-state index contributed by atoms with van der Waals surface area (Å²) >= 11 is 0. The molecule has 3 heteroatoms. The van der Waals surface area contributed by atoms with E-state index in [1.807, 2.05) is 13.8 Å². The molecule has 0 radical (unpaired) electrons. The Morgan fingerprint density at radius 2 is 2.20 bits per heavy atom. The van der Waals surface area contributed by atoms with Crippen LogP contribution in [0.2, 0.25) is 0 Å². The van der Waals surface area contributed by atoms with E-state index in [1.165, 1.54) is 0 Å². The highest BCUT2D eigenvalue weighted by molar-refractivity contribution is 4.95. The largest absolute Gasteiger partial charge is 0.375 e. The molecule has 15 heavy (non-hydrogen) atoms. The average molecular weight is 210 g/mol. The molecule has 1 fully saturated rings. The van der Waals surface area contributed by atoms with Crippen LogP contribution in [0.25, 0.3) is 0 Å². The maximum atomic E-state index is 8.91. The molecule has 1 unspecified atom stereocenters. The molecule has 1 heterocycles. The number of ether oxygens (including phenoxy) is 1. The lowest BCUT2D eigenvalue weighted by Crippen LogP contribution is -2.46. The van der Waals surface area contributed by atoms with Crippen LogP contribution < -0.4 is 5.32 Å². The van der Waals surface area contributed by atoms with Gasteiger partial charge in [-0.15, -0.1) is 0 Å². The second kappa shape index (κ2) is 4.51. The van der Waals surface area contributed by atoms with Crippen LogP contribution in [-0.2, 0) is 4.74 Å². The summed E-state index contributed by atoms with van der Waals surface area (Å²) in [6.45, 7) is 9.74. The summed E-state index contributed by atoms with van der Waals surface area (Å²) in [6, 6.07) is 2.80. The zero-order valence-electron chi connectivity index (χ0n) is 10.3. The fourth-order valence-electron chi connectivity index (χ4n) is 1.85. The first-order valence-corrected chi connectivity index (χ1v) is 5.63. The van der Waals surface area contributed by atoms with Gasteiger partial charge < -0.3 is 10.1 Å². The minimum Gasteiger partial charge on any atom is -0.375 e. The van der Waals surface area contributed by atoms with Crippen molar-refractivity contribution in [2.24, 2.45) is 5.41 Å². The van der Waals surface area contributed by atoms with Gasteiger partial charge in [0.2, 0.25) is 0 Å². The van der Waals surface area contributed by atoms with Crippen molar-refractivity contribution in [2.45, 2.75) is 52.2 Å². The highest BCUT2D eigenvalue weighted by Crippen LogP contribution is 2.24. The number of rotatable bonds is 3. The standard InChI is InChI=1S/C12H22N2O/c1-11(2,8-13)9-14-10-5-6-15-12(3,4)7-10/h10,14H,5-7,9H2,1-4H3. The maximum Gasteiger partial charge on any atom is 0.0697 e. The number of nitrogens with one attached hydrogen (secondary N) is 1. The lowest BCUT2D eigenvalue weighted by Gasteiger charge is -2.36. The number of nitrogens with zero attached hydrogens (tertiary/aromatic N) is 1. The van der Waals surface area contributed by atoms with Crippen molar-refractivity contribution in [1.29, 1.82) is 5.26 Å². The molecule has 1 atom stereocenters. The first-order valence-electron chi connectivity index (χ1n) is 5.63. The van der Waals surface area contributed by atoms with Crippen LogP contribution in [-0.4, -0.2) is 24.8 Å². The van der Waals surface area contributed by atoms with Gasteiger partial charge in [0.15, 0.2) is 0 Å². The highest BCUT2D eigenvalue weighted by Gasteiger charge is 2.29. The van der Waals surface area contributed by atoms with E-state index in [0.29, 0.717) is 6.04 Å². The van der Waals surface area contributed by atoms with Crippen LogP contribution >= 0.6 is 0 Å². The number of nitriles is 1. The van der Waals surface area contributed by atoms with Crippen molar-refractivity contribution < 1.29 is 4.74 Å². The molecule has 0 bridgehead atoms. The summed E-state index contributed by atoms with van der Waals surface area (Å²) < 4.78 is 5.65. The lowest BCUT2D eigenvalue weighted by molar-refractivity contribution is -0.0633. The molecule has 0 aromatic carbocycles. The van der Waals surface area contributed by atoms with E-state index in [4.69, 9.17) is 10.00 Å². The maximum absolute atomic E-state index is 8.91. The van der Waals surface area contributed by atoms with Crippen LogP contribution in [0.4, 0.5) is 0 Å². The van der Waals surface area contributed by atoms with E-state index in [1.54, 1.807) is 0 Å². The highest BCUT2D eigenvalue weighted by atomic mass is 16.5. The van der Waals surface area contributed by atoms with Gasteiger partial charge in [0.25, 0.3) is 0 Å². The molecule has 0 amide bonds. The zero-order chi connectivity index (χ0) is 11.5. The molecule has 1 aliphatic heterocycles. The van der Waals surface area contributed by atoms with Crippen molar-refractivity contribution in [3.05, 3.63) is 0 Å². The van der Waals surface area contributed by atoms with E-state index in [9.17, 15) is 0 Å². The van der Waals surface area contributed by atoms with Crippen molar-refractivity contribution in [1.82, 2.24) is 5.32 Å². The summed E-state index contributed by atoms with van der Waals surface area (Å²) in [5.41, 5.74) is -0.296. The molecule has 0 aromatic rings. The van der Waals surface area contributed by atoms with Crippen LogP contribution in [0.5, 0.6) is 0 Å². The molecule has 1 aliphatic rings. The van der Waals surface area contributed by atoms with Crippen LogP contribution in [0.15, 0.2) is 0 Å². The summed E-state index contributed by atoms with van der Waals surface area (Å²) in [6.07, 6.45) is 2.07. The summed E-state index contributed by atoms with van der Waals surface area (Å²) in [5, 5.41) is 12.4. The van der Waals surface area contributed by atoms with E-state index in [0.717, 1.165) is 26.0 Å². The third kappa shape index (κ3) is 4.19. The third-order valence-electron chi connectivity index (χ3n) is 2.83. The Morgan fingerprint density at radius 3 is 2.73 bits per heavy atom. The fraction of sp³-hybridized carbons (Fsp3) is 0.917. The predicted molar refractivity (Wildman–Crippen MR) is 60.4 cm³/mol. The number of hydrogen-bond acceptors (Lipinski definition) is 3. The lowest BCUT2D eigenvalue weighted by atomic mass is 9.91. The van der Waals surface area contributed by atoms with E-state index >= 15 is 0 Å². The zero-order valence-corrected chi connectivity index (χ0v) is 10.3. The van der Waals surface area contributed by atoms with Gasteiger partial charge in [-0.2, -0.15) is 5.26 Å². The second-order valence-electron chi connectivity index (χ2n) is 5.67. The van der Waals surface area contributed by atoms with Gasteiger partial charge in [0.05, 0.1) is 17.1 Å². The Kier molecular flexibility index (Phi) is 3.75. The average Bonchev–Trinajstić information content (AvgIpc) is 2.14. The van der Waals surface area contributed by atoms with Gasteiger partial charge in [-0.1, -0.05) is 0 Å². The van der Waals surface area contributed by atoms with Crippen LogP contribution in [0.3, 0.4) is 0 Å². The monoisotopic (exact) mass is 210 g/mol. The van der Waals surface area contributed by atoms with Crippen molar-refractivity contribution in [3.63, 3.8) is 0 Å². The molecular weight excluding hydrogens is 188 g/mol. The van der Waals surface area contributed by atoms with Crippen molar-refractivity contribution in [2.75, 3.05) is 13.2 Å². The van der Waals surface area contributed by atoms with Crippen LogP contribution in [0, 0.1) is 16.7 Å². The van der Waals surface area contributed by atoms with Gasteiger partial charge >= 0.3 is 0 Å². The fourth-order valence-corrected chi connectivity index (χ4v) is 1.85. The second-order valence-corrected chi connectivity index (χ2v) is 5.67. The molecule has 1 saturated heterocycles. The summed E-state index contributed by atoms with van der Waals surface area (Å²) in [4.78, 5) is 0. The molecule has 0 spiro atoms. The minimum atomic E-state index is -0.275. The topological polar surface area (TPSA) is 45.0 Å². The van der Waals surface area contributed by atoms with Gasteiger partial charge in [0.1, 0.15) is 0 Å². The molecule has 0 aliphatic carbocycles. The molecule has 86 valence electrons. The van der Waals surface area contributed by atoms with Gasteiger partial charge in [0, 0.05) is 19.2 Å². The third-order valence-corrected chi connectivity index (χ3v) is 2.83. The van der Waals surface area contributed by atoms with Crippen molar-refractivity contribution in [3.8, 4) is 6.07 Å². The number of hydrogen-bond donors (Lipinski definition) is 1. The van der Waals surface area contributed by atoms with E-state index in [2.05, 4.69) is 25.2 Å². The summed E-state index contributed by atoms with van der Waals surface area (Å²) in [7, 11) is 0. The Bertz CT molecular complexity index is 253. The smallest absolute Gasteiger partial charge is 0.0697 e. The van der Waals surface area contributed by atoms with Crippen molar-refractivity contribution >= 4 is 0 Å². The Hall–Kier alpha value is -0.590. The molecule has 0 saturated carbocycles. The van der Waals surface area contributed by atoms with E-state index < -0.39 is 0 Å². The minimum absolute atomic E-state index is 0.0211. The first kappa shape index (κ1) is 12.5. The first-order chi connectivity index (χ1) is 6.85. The molecule has 1 N–H and O–H groups in total. The predicted octanol–water partition coefficient (Wildman–Crippen LogP) is 2.08.